The monoisotopic (exact) mass is 236 g/mol. The third kappa shape index (κ3) is 1.52. The SMILES string of the molecule is Fc1ccc(-c2cc3n(n2)CCC3)cc1Cl. The second-order valence-corrected chi connectivity index (χ2v) is 4.38. The van der Waals surface area contributed by atoms with Gasteiger partial charge in [0.05, 0.1) is 10.7 Å². The van der Waals surface area contributed by atoms with Crippen LogP contribution in [0.1, 0.15) is 12.1 Å². The second-order valence-electron chi connectivity index (χ2n) is 3.98. The average molecular weight is 237 g/mol. The average Bonchev–Trinajstić information content (AvgIpc) is 2.81. The number of fused-ring (bicyclic) bond motifs is 1. The van der Waals surface area contributed by atoms with E-state index in [1.807, 2.05) is 4.68 Å². The molecule has 16 heavy (non-hydrogen) atoms. The van der Waals surface area contributed by atoms with Crippen molar-refractivity contribution in [2.75, 3.05) is 0 Å². The van der Waals surface area contributed by atoms with Crippen molar-refractivity contribution in [1.29, 1.82) is 0 Å². The van der Waals surface area contributed by atoms with Gasteiger partial charge in [0.2, 0.25) is 0 Å². The number of benzene rings is 1. The first-order chi connectivity index (χ1) is 7.74. The number of halogens is 2. The lowest BCUT2D eigenvalue weighted by molar-refractivity contribution is 0.628. The highest BCUT2D eigenvalue weighted by Crippen LogP contribution is 2.26. The summed E-state index contributed by atoms with van der Waals surface area (Å²) in [6.07, 6.45) is 2.23. The smallest absolute Gasteiger partial charge is 0.141 e. The molecule has 0 amide bonds. The van der Waals surface area contributed by atoms with Gasteiger partial charge in [-0.3, -0.25) is 4.68 Å². The first-order valence-electron chi connectivity index (χ1n) is 5.26. The van der Waals surface area contributed by atoms with Gasteiger partial charge in [0.15, 0.2) is 0 Å². The molecular formula is C12H10ClFN2. The number of hydrogen-bond donors (Lipinski definition) is 0. The van der Waals surface area contributed by atoms with E-state index in [1.54, 1.807) is 12.1 Å². The van der Waals surface area contributed by atoms with Gasteiger partial charge >= 0.3 is 0 Å². The largest absolute Gasteiger partial charge is 0.269 e. The Morgan fingerprint density at radius 2 is 2.19 bits per heavy atom. The third-order valence-electron chi connectivity index (χ3n) is 2.88. The standard InChI is InChI=1S/C12H10ClFN2/c13-10-6-8(3-4-11(10)14)12-7-9-2-1-5-16(9)15-12/h3-4,6-7H,1-2,5H2. The van der Waals surface area contributed by atoms with Gasteiger partial charge in [0.25, 0.3) is 0 Å². The molecule has 1 aromatic heterocycles. The summed E-state index contributed by atoms with van der Waals surface area (Å²) in [7, 11) is 0. The van der Waals surface area contributed by atoms with Crippen molar-refractivity contribution < 1.29 is 4.39 Å². The van der Waals surface area contributed by atoms with E-state index >= 15 is 0 Å². The van der Waals surface area contributed by atoms with Gasteiger partial charge in [-0.25, -0.2) is 4.39 Å². The van der Waals surface area contributed by atoms with Gasteiger partial charge in [-0.05, 0) is 37.1 Å². The van der Waals surface area contributed by atoms with Gasteiger partial charge in [0, 0.05) is 17.8 Å². The highest BCUT2D eigenvalue weighted by atomic mass is 35.5. The summed E-state index contributed by atoms with van der Waals surface area (Å²) in [5, 5.41) is 4.61. The van der Waals surface area contributed by atoms with Crippen LogP contribution >= 0.6 is 11.6 Å². The van der Waals surface area contributed by atoms with E-state index in [4.69, 9.17) is 11.6 Å². The Morgan fingerprint density at radius 3 is 2.94 bits per heavy atom. The van der Waals surface area contributed by atoms with E-state index in [9.17, 15) is 4.39 Å². The van der Waals surface area contributed by atoms with Crippen LogP contribution in [0.25, 0.3) is 11.3 Å². The summed E-state index contributed by atoms with van der Waals surface area (Å²) >= 11 is 5.75. The van der Waals surface area contributed by atoms with E-state index in [0.29, 0.717) is 0 Å². The molecule has 0 N–H and O–H groups in total. The molecule has 0 atom stereocenters. The third-order valence-corrected chi connectivity index (χ3v) is 3.17. The summed E-state index contributed by atoms with van der Waals surface area (Å²) in [5.41, 5.74) is 2.99. The van der Waals surface area contributed by atoms with Crippen LogP contribution in [0.4, 0.5) is 4.39 Å². The maximum atomic E-state index is 13.0. The van der Waals surface area contributed by atoms with Crippen LogP contribution in [0.2, 0.25) is 5.02 Å². The van der Waals surface area contributed by atoms with Crippen molar-refractivity contribution in [3.63, 3.8) is 0 Å². The van der Waals surface area contributed by atoms with Crippen LogP contribution in [0.15, 0.2) is 24.3 Å². The summed E-state index contributed by atoms with van der Waals surface area (Å²) in [6.45, 7) is 0.976. The zero-order valence-electron chi connectivity index (χ0n) is 8.58. The lowest BCUT2D eigenvalue weighted by Gasteiger charge is -1.99. The number of aryl methyl sites for hydroxylation is 2. The molecule has 1 aromatic carbocycles. The Kier molecular flexibility index (Phi) is 2.21. The minimum absolute atomic E-state index is 0.144. The molecule has 0 fully saturated rings. The lowest BCUT2D eigenvalue weighted by Crippen LogP contribution is -1.94. The molecule has 1 aliphatic rings. The molecule has 2 aromatic rings. The Balaban J connectivity index is 2.05. The first-order valence-corrected chi connectivity index (χ1v) is 5.64. The fourth-order valence-electron chi connectivity index (χ4n) is 2.06. The van der Waals surface area contributed by atoms with Crippen LogP contribution in [-0.4, -0.2) is 9.78 Å². The van der Waals surface area contributed by atoms with E-state index in [1.165, 1.54) is 11.8 Å². The van der Waals surface area contributed by atoms with Crippen molar-refractivity contribution in [2.45, 2.75) is 19.4 Å². The number of rotatable bonds is 1. The fraction of sp³-hybridized carbons (Fsp3) is 0.250. The summed E-state index contributed by atoms with van der Waals surface area (Å²) in [4.78, 5) is 0. The molecule has 0 saturated carbocycles. The summed E-state index contributed by atoms with van der Waals surface area (Å²) in [5.74, 6) is -0.392. The molecule has 0 spiro atoms. The molecule has 2 heterocycles. The van der Waals surface area contributed by atoms with E-state index in [-0.39, 0.29) is 5.02 Å². The van der Waals surface area contributed by atoms with Gasteiger partial charge in [-0.1, -0.05) is 11.6 Å². The van der Waals surface area contributed by atoms with Crippen molar-refractivity contribution in [3.8, 4) is 11.3 Å². The minimum atomic E-state index is -0.392. The Labute approximate surface area is 97.7 Å². The molecule has 1 aliphatic heterocycles. The number of nitrogens with zero attached hydrogens (tertiary/aromatic N) is 2. The van der Waals surface area contributed by atoms with E-state index in [0.717, 1.165) is 30.6 Å². The maximum absolute atomic E-state index is 13.0. The topological polar surface area (TPSA) is 17.8 Å². The summed E-state index contributed by atoms with van der Waals surface area (Å²) < 4.78 is 15.0. The molecule has 0 bridgehead atoms. The van der Waals surface area contributed by atoms with Crippen LogP contribution < -0.4 is 0 Å². The maximum Gasteiger partial charge on any atom is 0.141 e. The van der Waals surface area contributed by atoms with Gasteiger partial charge in [-0.15, -0.1) is 0 Å². The molecule has 0 radical (unpaired) electrons. The fourth-order valence-corrected chi connectivity index (χ4v) is 2.24. The minimum Gasteiger partial charge on any atom is -0.269 e. The van der Waals surface area contributed by atoms with Crippen LogP contribution in [0, 0.1) is 5.82 Å². The zero-order valence-corrected chi connectivity index (χ0v) is 9.34. The first kappa shape index (κ1) is 9.85. The highest BCUT2D eigenvalue weighted by molar-refractivity contribution is 6.31. The molecule has 2 nitrogen and oxygen atoms in total. The van der Waals surface area contributed by atoms with E-state index in [2.05, 4.69) is 11.2 Å². The number of hydrogen-bond acceptors (Lipinski definition) is 1. The van der Waals surface area contributed by atoms with Crippen LogP contribution in [0.5, 0.6) is 0 Å². The zero-order chi connectivity index (χ0) is 11.1. The molecule has 4 heteroatoms. The van der Waals surface area contributed by atoms with Crippen molar-refractivity contribution >= 4 is 11.6 Å². The number of aromatic nitrogens is 2. The van der Waals surface area contributed by atoms with Crippen LogP contribution in [0.3, 0.4) is 0 Å². The molecule has 0 aliphatic carbocycles. The Bertz CT molecular complexity index is 526. The predicted molar refractivity (Wildman–Crippen MR) is 61.0 cm³/mol. The Hall–Kier alpha value is -1.35. The van der Waals surface area contributed by atoms with Crippen molar-refractivity contribution in [2.24, 2.45) is 0 Å². The molecule has 82 valence electrons. The second kappa shape index (κ2) is 3.59. The van der Waals surface area contributed by atoms with Gasteiger partial charge < -0.3 is 0 Å². The van der Waals surface area contributed by atoms with Crippen molar-refractivity contribution in [1.82, 2.24) is 9.78 Å². The van der Waals surface area contributed by atoms with E-state index < -0.39 is 5.82 Å². The summed E-state index contributed by atoms with van der Waals surface area (Å²) in [6, 6.07) is 6.76. The molecule has 3 rings (SSSR count). The van der Waals surface area contributed by atoms with Gasteiger partial charge in [0.1, 0.15) is 5.82 Å². The highest BCUT2D eigenvalue weighted by Gasteiger charge is 2.14. The molecule has 0 unspecified atom stereocenters. The molecular weight excluding hydrogens is 227 g/mol. The lowest BCUT2D eigenvalue weighted by atomic mass is 10.1. The van der Waals surface area contributed by atoms with Gasteiger partial charge in [-0.2, -0.15) is 5.10 Å². The van der Waals surface area contributed by atoms with Crippen molar-refractivity contribution in [3.05, 3.63) is 40.8 Å². The Morgan fingerprint density at radius 1 is 1.31 bits per heavy atom. The molecule has 0 saturated heterocycles. The quantitative estimate of drug-likeness (QED) is 0.743. The van der Waals surface area contributed by atoms with Crippen LogP contribution in [-0.2, 0) is 13.0 Å². The normalized spacial score (nSPS) is 14.1. The predicted octanol–water partition coefficient (Wildman–Crippen LogP) is 3.29.